The lowest BCUT2D eigenvalue weighted by molar-refractivity contribution is 0.0566. The Bertz CT molecular complexity index is 888. The SMILES string of the molecule is Cc1ccoc1C(=O)N1CCC(Oc2ccc(C(=O)NCCN(C)C)cc2Cl)CC1. The van der Waals surface area contributed by atoms with Crippen LogP contribution in [0.3, 0.4) is 0 Å². The molecule has 2 heterocycles. The number of hydrogen-bond donors (Lipinski definition) is 1. The Morgan fingerprint density at radius 1 is 1.27 bits per heavy atom. The summed E-state index contributed by atoms with van der Waals surface area (Å²) in [6, 6.07) is 6.86. The number of halogens is 1. The predicted molar refractivity (Wildman–Crippen MR) is 115 cm³/mol. The second-order valence-corrected chi connectivity index (χ2v) is 8.15. The van der Waals surface area contributed by atoms with E-state index in [4.69, 9.17) is 20.8 Å². The molecule has 0 atom stereocenters. The Balaban J connectivity index is 1.52. The standard InChI is InChI=1S/C22H28ClN3O4/c1-15-8-13-29-20(15)22(28)26-10-6-17(7-11-26)30-19-5-4-16(14-18(19)23)21(27)24-9-12-25(2)3/h4-5,8,13-14,17H,6-7,9-12H2,1-3H3,(H,24,27). The molecule has 8 heteroatoms. The number of furan rings is 1. The number of likely N-dealkylation sites (tertiary alicyclic amines) is 1. The summed E-state index contributed by atoms with van der Waals surface area (Å²) in [6.07, 6.45) is 2.90. The van der Waals surface area contributed by atoms with Crippen molar-refractivity contribution in [2.75, 3.05) is 40.3 Å². The number of likely N-dealkylation sites (N-methyl/N-ethyl adjacent to an activating group) is 1. The molecule has 0 saturated carbocycles. The molecule has 2 amide bonds. The zero-order valence-corrected chi connectivity index (χ0v) is 18.4. The molecule has 1 aromatic heterocycles. The lowest BCUT2D eigenvalue weighted by Gasteiger charge is -2.32. The van der Waals surface area contributed by atoms with E-state index in [0.29, 0.717) is 54.6 Å². The summed E-state index contributed by atoms with van der Waals surface area (Å²) in [6.45, 7) is 4.37. The number of nitrogens with zero attached hydrogens (tertiary/aromatic N) is 2. The number of nitrogens with one attached hydrogen (secondary N) is 1. The van der Waals surface area contributed by atoms with Crippen LogP contribution in [0, 0.1) is 6.92 Å². The highest BCUT2D eigenvalue weighted by Crippen LogP contribution is 2.29. The largest absolute Gasteiger partial charge is 0.489 e. The van der Waals surface area contributed by atoms with E-state index in [1.54, 1.807) is 29.2 Å². The third kappa shape index (κ3) is 5.55. The monoisotopic (exact) mass is 433 g/mol. The summed E-state index contributed by atoms with van der Waals surface area (Å²) in [4.78, 5) is 28.6. The van der Waals surface area contributed by atoms with Gasteiger partial charge in [0.2, 0.25) is 0 Å². The minimum Gasteiger partial charge on any atom is -0.489 e. The number of hydrogen-bond acceptors (Lipinski definition) is 5. The molecule has 30 heavy (non-hydrogen) atoms. The molecule has 1 aliphatic heterocycles. The van der Waals surface area contributed by atoms with Crippen LogP contribution in [0.2, 0.25) is 5.02 Å². The quantitative estimate of drug-likeness (QED) is 0.725. The molecule has 0 radical (unpaired) electrons. The maximum absolute atomic E-state index is 12.5. The zero-order valence-electron chi connectivity index (χ0n) is 17.6. The predicted octanol–water partition coefficient (Wildman–Crippen LogP) is 3.22. The van der Waals surface area contributed by atoms with E-state index in [9.17, 15) is 9.59 Å². The van der Waals surface area contributed by atoms with Gasteiger partial charge in [-0.15, -0.1) is 0 Å². The summed E-state index contributed by atoms with van der Waals surface area (Å²) in [5.41, 5.74) is 1.34. The van der Waals surface area contributed by atoms with E-state index in [1.165, 1.54) is 6.26 Å². The summed E-state index contributed by atoms with van der Waals surface area (Å²) < 4.78 is 11.4. The van der Waals surface area contributed by atoms with Crippen LogP contribution < -0.4 is 10.1 Å². The van der Waals surface area contributed by atoms with Gasteiger partial charge in [-0.3, -0.25) is 9.59 Å². The summed E-state index contributed by atoms with van der Waals surface area (Å²) in [5, 5.41) is 3.27. The molecular formula is C22H28ClN3O4. The normalized spacial score (nSPS) is 14.8. The number of benzene rings is 1. The number of piperidine rings is 1. The van der Waals surface area contributed by atoms with Crippen molar-refractivity contribution in [3.05, 3.63) is 52.4 Å². The number of rotatable bonds is 7. The Morgan fingerprint density at radius 3 is 2.60 bits per heavy atom. The smallest absolute Gasteiger partial charge is 0.289 e. The fourth-order valence-corrected chi connectivity index (χ4v) is 3.55. The van der Waals surface area contributed by atoms with Gasteiger partial charge in [-0.25, -0.2) is 0 Å². The Kier molecular flexibility index (Phi) is 7.39. The van der Waals surface area contributed by atoms with E-state index in [-0.39, 0.29) is 17.9 Å². The Hall–Kier alpha value is -2.51. The molecule has 0 spiro atoms. The average molecular weight is 434 g/mol. The van der Waals surface area contributed by atoms with Gasteiger partial charge >= 0.3 is 0 Å². The lowest BCUT2D eigenvalue weighted by atomic mass is 10.1. The van der Waals surface area contributed by atoms with Crippen molar-refractivity contribution in [2.45, 2.75) is 25.9 Å². The van der Waals surface area contributed by atoms with Crippen molar-refractivity contribution >= 4 is 23.4 Å². The number of ether oxygens (including phenoxy) is 1. The zero-order chi connectivity index (χ0) is 21.7. The maximum atomic E-state index is 12.5. The van der Waals surface area contributed by atoms with Gasteiger partial charge in [-0.05, 0) is 45.3 Å². The molecular weight excluding hydrogens is 406 g/mol. The second-order valence-electron chi connectivity index (χ2n) is 7.75. The van der Waals surface area contributed by atoms with Gasteiger partial charge in [0, 0.05) is 50.1 Å². The van der Waals surface area contributed by atoms with Crippen LogP contribution in [0.1, 0.15) is 39.3 Å². The van der Waals surface area contributed by atoms with E-state index in [2.05, 4.69) is 5.32 Å². The Morgan fingerprint density at radius 2 is 2.00 bits per heavy atom. The number of carbonyl (C=O) groups is 2. The average Bonchev–Trinajstić information content (AvgIpc) is 3.15. The number of amides is 2. The van der Waals surface area contributed by atoms with Gasteiger partial charge in [0.15, 0.2) is 5.76 Å². The molecule has 162 valence electrons. The molecule has 0 bridgehead atoms. The van der Waals surface area contributed by atoms with Crippen molar-refractivity contribution in [2.24, 2.45) is 0 Å². The highest BCUT2D eigenvalue weighted by Gasteiger charge is 2.27. The molecule has 1 aliphatic rings. The highest BCUT2D eigenvalue weighted by molar-refractivity contribution is 6.32. The van der Waals surface area contributed by atoms with E-state index < -0.39 is 0 Å². The van der Waals surface area contributed by atoms with Crippen LogP contribution in [0.4, 0.5) is 0 Å². The summed E-state index contributed by atoms with van der Waals surface area (Å²) in [5.74, 6) is 0.703. The van der Waals surface area contributed by atoms with Crippen molar-refractivity contribution in [3.63, 3.8) is 0 Å². The Labute approximate surface area is 181 Å². The highest BCUT2D eigenvalue weighted by atomic mass is 35.5. The molecule has 1 aromatic carbocycles. The molecule has 1 saturated heterocycles. The first-order valence-electron chi connectivity index (χ1n) is 10.1. The first-order valence-corrected chi connectivity index (χ1v) is 10.5. The first kappa shape index (κ1) is 22.2. The van der Waals surface area contributed by atoms with Gasteiger partial charge in [-0.1, -0.05) is 11.6 Å². The fourth-order valence-electron chi connectivity index (χ4n) is 3.32. The molecule has 0 aliphatic carbocycles. The van der Waals surface area contributed by atoms with Crippen LogP contribution in [-0.4, -0.2) is 68.0 Å². The summed E-state index contributed by atoms with van der Waals surface area (Å²) >= 11 is 6.35. The maximum Gasteiger partial charge on any atom is 0.289 e. The minimum atomic E-state index is -0.162. The molecule has 0 unspecified atom stereocenters. The van der Waals surface area contributed by atoms with Crippen LogP contribution in [-0.2, 0) is 0 Å². The first-order chi connectivity index (χ1) is 14.3. The van der Waals surface area contributed by atoms with Crippen LogP contribution in [0.25, 0.3) is 0 Å². The third-order valence-electron chi connectivity index (χ3n) is 5.12. The van der Waals surface area contributed by atoms with Crippen LogP contribution in [0.5, 0.6) is 5.75 Å². The van der Waals surface area contributed by atoms with Crippen molar-refractivity contribution in [3.8, 4) is 5.75 Å². The van der Waals surface area contributed by atoms with E-state index >= 15 is 0 Å². The van der Waals surface area contributed by atoms with Crippen molar-refractivity contribution < 1.29 is 18.7 Å². The second kappa shape index (κ2) is 10.00. The van der Waals surface area contributed by atoms with Crippen molar-refractivity contribution in [1.29, 1.82) is 0 Å². The topological polar surface area (TPSA) is 75.0 Å². The van der Waals surface area contributed by atoms with E-state index in [0.717, 1.165) is 12.1 Å². The molecule has 7 nitrogen and oxygen atoms in total. The van der Waals surface area contributed by atoms with Gasteiger partial charge < -0.3 is 24.3 Å². The molecule has 2 aromatic rings. The van der Waals surface area contributed by atoms with E-state index in [1.807, 2.05) is 25.9 Å². The van der Waals surface area contributed by atoms with Gasteiger partial charge in [0.25, 0.3) is 11.8 Å². The van der Waals surface area contributed by atoms with Crippen LogP contribution in [0.15, 0.2) is 34.9 Å². The minimum absolute atomic E-state index is 0.0379. The van der Waals surface area contributed by atoms with Gasteiger partial charge in [0.1, 0.15) is 11.9 Å². The third-order valence-corrected chi connectivity index (χ3v) is 5.41. The molecule has 1 N–H and O–H groups in total. The number of aryl methyl sites for hydroxylation is 1. The molecule has 3 rings (SSSR count). The van der Waals surface area contributed by atoms with Gasteiger partial charge in [0.05, 0.1) is 11.3 Å². The van der Waals surface area contributed by atoms with Crippen molar-refractivity contribution in [1.82, 2.24) is 15.1 Å². The summed E-state index contributed by atoms with van der Waals surface area (Å²) in [7, 11) is 3.90. The van der Waals surface area contributed by atoms with Gasteiger partial charge in [-0.2, -0.15) is 0 Å². The lowest BCUT2D eigenvalue weighted by Crippen LogP contribution is -2.41. The molecule has 1 fully saturated rings. The number of carbonyl (C=O) groups excluding carboxylic acids is 2. The fraction of sp³-hybridized carbons (Fsp3) is 0.455. The van der Waals surface area contributed by atoms with Crippen LogP contribution >= 0.6 is 11.6 Å².